The summed E-state index contributed by atoms with van der Waals surface area (Å²) < 4.78 is 49.2. The summed E-state index contributed by atoms with van der Waals surface area (Å²) in [4.78, 5) is 0. The standard InChI is InChI=1S/C9H9F4N.ClH/c1-5-4-6(2-3-7(5)10)8(14)9(11,12)13;/h2-4,8H,14H2,1H3;1H/t8-;/m1./s1. The van der Waals surface area contributed by atoms with Gasteiger partial charge in [0.25, 0.3) is 0 Å². The molecule has 0 spiro atoms. The molecule has 0 bridgehead atoms. The van der Waals surface area contributed by atoms with Crippen LogP contribution in [0.15, 0.2) is 18.2 Å². The molecule has 0 amide bonds. The van der Waals surface area contributed by atoms with Gasteiger partial charge in [0, 0.05) is 0 Å². The predicted octanol–water partition coefficient (Wildman–Crippen LogP) is 3.12. The lowest BCUT2D eigenvalue weighted by Gasteiger charge is -2.16. The summed E-state index contributed by atoms with van der Waals surface area (Å²) >= 11 is 0. The molecule has 0 aliphatic carbocycles. The Bertz CT molecular complexity index is 337. The second-order valence-electron chi connectivity index (χ2n) is 3.03. The fourth-order valence-electron chi connectivity index (χ4n) is 1.05. The normalized spacial score (nSPS) is 13.2. The van der Waals surface area contributed by atoms with Crippen LogP contribution in [-0.2, 0) is 0 Å². The molecule has 1 aromatic carbocycles. The highest BCUT2D eigenvalue weighted by molar-refractivity contribution is 5.85. The monoisotopic (exact) mass is 243 g/mol. The predicted molar refractivity (Wildman–Crippen MR) is 51.4 cm³/mol. The highest BCUT2D eigenvalue weighted by Crippen LogP contribution is 2.30. The molecule has 0 saturated carbocycles. The van der Waals surface area contributed by atoms with Gasteiger partial charge < -0.3 is 5.73 Å². The lowest BCUT2D eigenvalue weighted by molar-refractivity contribution is -0.149. The molecule has 0 aliphatic rings. The van der Waals surface area contributed by atoms with Gasteiger partial charge in [-0.15, -0.1) is 12.4 Å². The number of hydrogen-bond acceptors (Lipinski definition) is 1. The fraction of sp³-hybridized carbons (Fsp3) is 0.333. The number of hydrogen-bond donors (Lipinski definition) is 1. The van der Waals surface area contributed by atoms with Crippen LogP contribution >= 0.6 is 12.4 Å². The van der Waals surface area contributed by atoms with Gasteiger partial charge in [-0.25, -0.2) is 4.39 Å². The van der Waals surface area contributed by atoms with Crippen molar-refractivity contribution in [2.75, 3.05) is 0 Å². The number of nitrogens with two attached hydrogens (primary N) is 1. The Balaban J connectivity index is 0.00000196. The lowest BCUT2D eigenvalue weighted by atomic mass is 10.0. The molecule has 1 rings (SSSR count). The van der Waals surface area contributed by atoms with Crippen LogP contribution in [0.25, 0.3) is 0 Å². The lowest BCUT2D eigenvalue weighted by Crippen LogP contribution is -2.28. The van der Waals surface area contributed by atoms with Gasteiger partial charge in [0.2, 0.25) is 0 Å². The zero-order valence-electron chi connectivity index (χ0n) is 7.81. The van der Waals surface area contributed by atoms with E-state index in [4.69, 9.17) is 5.73 Å². The molecule has 0 radical (unpaired) electrons. The summed E-state index contributed by atoms with van der Waals surface area (Å²) in [6.45, 7) is 1.39. The summed E-state index contributed by atoms with van der Waals surface area (Å²) in [5, 5.41) is 0. The van der Waals surface area contributed by atoms with Crippen LogP contribution in [-0.4, -0.2) is 6.18 Å². The highest BCUT2D eigenvalue weighted by atomic mass is 35.5. The number of aryl methyl sites for hydroxylation is 1. The Morgan fingerprint density at radius 1 is 1.27 bits per heavy atom. The molecular weight excluding hydrogens is 234 g/mol. The van der Waals surface area contributed by atoms with Crippen molar-refractivity contribution < 1.29 is 17.6 Å². The maximum atomic E-state index is 12.7. The molecule has 15 heavy (non-hydrogen) atoms. The van der Waals surface area contributed by atoms with Crippen molar-refractivity contribution in [3.63, 3.8) is 0 Å². The van der Waals surface area contributed by atoms with Crippen LogP contribution < -0.4 is 5.73 Å². The maximum absolute atomic E-state index is 12.7. The quantitative estimate of drug-likeness (QED) is 0.754. The Hall–Kier alpha value is -0.810. The van der Waals surface area contributed by atoms with Gasteiger partial charge in [-0.2, -0.15) is 13.2 Å². The van der Waals surface area contributed by atoms with E-state index >= 15 is 0 Å². The van der Waals surface area contributed by atoms with Crippen molar-refractivity contribution in [2.45, 2.75) is 19.1 Å². The van der Waals surface area contributed by atoms with E-state index < -0.39 is 18.0 Å². The van der Waals surface area contributed by atoms with Crippen molar-refractivity contribution in [1.29, 1.82) is 0 Å². The first kappa shape index (κ1) is 14.2. The molecule has 2 N–H and O–H groups in total. The number of rotatable bonds is 1. The van der Waals surface area contributed by atoms with Crippen molar-refractivity contribution in [3.8, 4) is 0 Å². The van der Waals surface area contributed by atoms with Crippen LogP contribution in [0.4, 0.5) is 17.6 Å². The van der Waals surface area contributed by atoms with E-state index in [0.717, 1.165) is 18.2 Å². The SMILES string of the molecule is Cc1cc([C@@H](N)C(F)(F)F)ccc1F.Cl. The first-order chi connectivity index (χ1) is 6.32. The largest absolute Gasteiger partial charge is 0.407 e. The molecule has 1 aromatic rings. The van der Waals surface area contributed by atoms with Crippen LogP contribution in [0.1, 0.15) is 17.2 Å². The first-order valence-corrected chi connectivity index (χ1v) is 3.90. The first-order valence-electron chi connectivity index (χ1n) is 3.90. The van der Waals surface area contributed by atoms with Crippen LogP contribution in [0.2, 0.25) is 0 Å². The van der Waals surface area contributed by atoms with E-state index in [2.05, 4.69) is 0 Å². The van der Waals surface area contributed by atoms with Gasteiger partial charge in [0.15, 0.2) is 0 Å². The smallest absolute Gasteiger partial charge is 0.316 e. The zero-order chi connectivity index (χ0) is 10.9. The van der Waals surface area contributed by atoms with Crippen molar-refractivity contribution in [3.05, 3.63) is 35.1 Å². The van der Waals surface area contributed by atoms with Crippen molar-refractivity contribution >= 4 is 12.4 Å². The maximum Gasteiger partial charge on any atom is 0.407 e. The Kier molecular flexibility index (Phi) is 4.55. The van der Waals surface area contributed by atoms with E-state index in [1.807, 2.05) is 0 Å². The van der Waals surface area contributed by atoms with E-state index in [9.17, 15) is 17.6 Å². The second kappa shape index (κ2) is 4.81. The average Bonchev–Trinajstić information content (AvgIpc) is 2.07. The minimum absolute atomic E-state index is 0. The molecule has 6 heteroatoms. The fourth-order valence-corrected chi connectivity index (χ4v) is 1.05. The Labute approximate surface area is 90.7 Å². The van der Waals surface area contributed by atoms with E-state index in [-0.39, 0.29) is 23.5 Å². The van der Waals surface area contributed by atoms with Crippen LogP contribution in [0.5, 0.6) is 0 Å². The van der Waals surface area contributed by atoms with E-state index in [0.29, 0.717) is 0 Å². The topological polar surface area (TPSA) is 26.0 Å². The highest BCUT2D eigenvalue weighted by Gasteiger charge is 2.37. The van der Waals surface area contributed by atoms with Gasteiger partial charge in [-0.05, 0) is 24.1 Å². The molecule has 0 aliphatic heterocycles. The molecule has 0 aromatic heterocycles. The Morgan fingerprint density at radius 2 is 1.80 bits per heavy atom. The summed E-state index contributed by atoms with van der Waals surface area (Å²) in [5.41, 5.74) is 4.97. The van der Waals surface area contributed by atoms with Crippen molar-refractivity contribution in [1.82, 2.24) is 0 Å². The minimum atomic E-state index is -4.50. The van der Waals surface area contributed by atoms with E-state index in [1.165, 1.54) is 6.92 Å². The third-order valence-electron chi connectivity index (χ3n) is 1.89. The van der Waals surface area contributed by atoms with Crippen molar-refractivity contribution in [2.24, 2.45) is 5.73 Å². The third-order valence-corrected chi connectivity index (χ3v) is 1.89. The van der Waals surface area contributed by atoms with Crippen LogP contribution in [0.3, 0.4) is 0 Å². The van der Waals surface area contributed by atoms with Gasteiger partial charge in [0.05, 0.1) is 0 Å². The number of alkyl halides is 3. The molecule has 86 valence electrons. The third kappa shape index (κ3) is 3.35. The molecule has 0 heterocycles. The number of benzene rings is 1. The average molecular weight is 244 g/mol. The van der Waals surface area contributed by atoms with E-state index in [1.54, 1.807) is 0 Å². The number of halogens is 5. The molecular formula is C9H10ClF4N. The summed E-state index contributed by atoms with van der Waals surface area (Å²) in [5.74, 6) is -0.539. The Morgan fingerprint density at radius 3 is 2.20 bits per heavy atom. The van der Waals surface area contributed by atoms with Gasteiger partial charge in [0.1, 0.15) is 11.9 Å². The molecule has 0 saturated heterocycles. The van der Waals surface area contributed by atoms with Gasteiger partial charge in [-0.3, -0.25) is 0 Å². The van der Waals surface area contributed by atoms with Crippen LogP contribution in [0, 0.1) is 12.7 Å². The molecule has 1 nitrogen and oxygen atoms in total. The van der Waals surface area contributed by atoms with Gasteiger partial charge >= 0.3 is 6.18 Å². The summed E-state index contributed by atoms with van der Waals surface area (Å²) in [7, 11) is 0. The molecule has 0 unspecified atom stereocenters. The van der Waals surface area contributed by atoms with Gasteiger partial charge in [-0.1, -0.05) is 12.1 Å². The minimum Gasteiger partial charge on any atom is -0.316 e. The summed E-state index contributed by atoms with van der Waals surface area (Å²) in [6, 6.07) is 1.08. The summed E-state index contributed by atoms with van der Waals surface area (Å²) in [6.07, 6.45) is -4.50. The molecule has 1 atom stereocenters. The second-order valence-corrected chi connectivity index (χ2v) is 3.03. The molecule has 0 fully saturated rings. The zero-order valence-corrected chi connectivity index (χ0v) is 8.62.